The summed E-state index contributed by atoms with van der Waals surface area (Å²) in [6, 6.07) is 6.83. The Morgan fingerprint density at radius 1 is 1.29 bits per heavy atom. The minimum absolute atomic E-state index is 0.103. The number of nitrogens with zero attached hydrogens (tertiary/aromatic N) is 1. The summed E-state index contributed by atoms with van der Waals surface area (Å²) in [5, 5.41) is 4.92. The Kier molecular flexibility index (Phi) is 5.83. The van der Waals surface area contributed by atoms with Gasteiger partial charge in [0.05, 0.1) is 18.3 Å². The summed E-state index contributed by atoms with van der Waals surface area (Å²) in [5.41, 5.74) is 0.866. The zero-order chi connectivity index (χ0) is 17.5. The highest BCUT2D eigenvalue weighted by Crippen LogP contribution is 2.25. The number of carbonyl (C=O) groups excluding carboxylic acids is 2. The number of carbonyl (C=O) groups is 2. The Balaban J connectivity index is 2.04. The minimum atomic E-state index is -0.905. The number of benzene rings is 1. The minimum Gasteiger partial charge on any atom is -0.492 e. The number of halogens is 1. The third-order valence-corrected chi connectivity index (χ3v) is 3.23. The van der Waals surface area contributed by atoms with Gasteiger partial charge in [0.2, 0.25) is 0 Å². The van der Waals surface area contributed by atoms with Gasteiger partial charge in [0.1, 0.15) is 11.6 Å². The summed E-state index contributed by atoms with van der Waals surface area (Å²) >= 11 is 0. The number of anilines is 1. The van der Waals surface area contributed by atoms with Crippen molar-refractivity contribution in [3.8, 4) is 5.75 Å². The van der Waals surface area contributed by atoms with Gasteiger partial charge in [-0.25, -0.2) is 4.39 Å². The molecule has 0 aliphatic heterocycles. The average molecular weight is 331 g/mol. The van der Waals surface area contributed by atoms with Crippen molar-refractivity contribution < 1.29 is 18.7 Å². The maximum atomic E-state index is 13.4. The van der Waals surface area contributed by atoms with E-state index in [1.54, 1.807) is 38.4 Å². The van der Waals surface area contributed by atoms with Crippen LogP contribution in [0.5, 0.6) is 5.75 Å². The Hall–Kier alpha value is -2.96. The predicted molar refractivity (Wildman–Crippen MR) is 87.0 cm³/mol. The maximum absolute atomic E-state index is 13.4. The molecule has 126 valence electrons. The number of pyridine rings is 1. The van der Waals surface area contributed by atoms with Crippen LogP contribution in [0.4, 0.5) is 10.1 Å². The van der Waals surface area contributed by atoms with E-state index in [9.17, 15) is 14.0 Å². The molecule has 1 atom stereocenters. The quantitative estimate of drug-likeness (QED) is 0.825. The van der Waals surface area contributed by atoms with Crippen LogP contribution in [0, 0.1) is 5.82 Å². The molecular weight excluding hydrogens is 313 g/mol. The lowest BCUT2D eigenvalue weighted by Crippen LogP contribution is -2.37. The third-order valence-electron chi connectivity index (χ3n) is 3.23. The Bertz CT molecular complexity index is 722. The summed E-state index contributed by atoms with van der Waals surface area (Å²) in [6.45, 7) is 3.84. The van der Waals surface area contributed by atoms with Gasteiger partial charge in [-0.15, -0.1) is 0 Å². The fourth-order valence-corrected chi connectivity index (χ4v) is 2.04. The maximum Gasteiger partial charge on any atom is 0.313 e. The molecule has 1 heterocycles. The molecule has 0 spiro atoms. The van der Waals surface area contributed by atoms with E-state index in [4.69, 9.17) is 4.74 Å². The van der Waals surface area contributed by atoms with Crippen molar-refractivity contribution in [3.05, 3.63) is 54.1 Å². The summed E-state index contributed by atoms with van der Waals surface area (Å²) in [6.07, 6.45) is 3.21. The van der Waals surface area contributed by atoms with E-state index in [0.29, 0.717) is 12.4 Å². The summed E-state index contributed by atoms with van der Waals surface area (Å²) in [5.74, 6) is -1.99. The lowest BCUT2D eigenvalue weighted by molar-refractivity contribution is -0.136. The second-order valence-electron chi connectivity index (χ2n) is 5.01. The predicted octanol–water partition coefficient (Wildman–Crippen LogP) is 2.44. The summed E-state index contributed by atoms with van der Waals surface area (Å²) in [7, 11) is 0. The fraction of sp³-hybridized carbons (Fsp3) is 0.235. The topological polar surface area (TPSA) is 80.3 Å². The Labute approximate surface area is 139 Å². The number of hydrogen-bond donors (Lipinski definition) is 2. The van der Waals surface area contributed by atoms with Gasteiger partial charge >= 0.3 is 11.8 Å². The molecular formula is C17H18FN3O3. The first kappa shape index (κ1) is 17.4. The van der Waals surface area contributed by atoms with Crippen LogP contribution in [0.3, 0.4) is 0 Å². The van der Waals surface area contributed by atoms with Crippen molar-refractivity contribution in [1.82, 2.24) is 10.3 Å². The van der Waals surface area contributed by atoms with Gasteiger partial charge in [-0.1, -0.05) is 6.07 Å². The van der Waals surface area contributed by atoms with Crippen LogP contribution in [0.15, 0.2) is 42.7 Å². The first-order chi connectivity index (χ1) is 11.5. The Morgan fingerprint density at radius 2 is 2.08 bits per heavy atom. The summed E-state index contributed by atoms with van der Waals surface area (Å²) in [4.78, 5) is 28.0. The van der Waals surface area contributed by atoms with E-state index in [1.807, 2.05) is 0 Å². The van der Waals surface area contributed by atoms with Crippen molar-refractivity contribution in [3.63, 3.8) is 0 Å². The fourth-order valence-electron chi connectivity index (χ4n) is 2.04. The molecule has 7 heteroatoms. The molecule has 0 aliphatic rings. The second-order valence-corrected chi connectivity index (χ2v) is 5.01. The molecule has 2 aromatic rings. The molecule has 0 saturated carbocycles. The Morgan fingerprint density at radius 3 is 2.75 bits per heavy atom. The molecule has 24 heavy (non-hydrogen) atoms. The van der Waals surface area contributed by atoms with Crippen LogP contribution in [0.1, 0.15) is 25.5 Å². The highest BCUT2D eigenvalue weighted by molar-refractivity contribution is 6.39. The number of rotatable bonds is 5. The smallest absolute Gasteiger partial charge is 0.313 e. The molecule has 0 bridgehead atoms. The molecule has 2 N–H and O–H groups in total. The molecule has 1 unspecified atom stereocenters. The van der Waals surface area contributed by atoms with Crippen LogP contribution in [-0.2, 0) is 9.59 Å². The number of amides is 2. The molecule has 0 aliphatic carbocycles. The largest absolute Gasteiger partial charge is 0.492 e. The third kappa shape index (κ3) is 4.52. The van der Waals surface area contributed by atoms with Gasteiger partial charge in [0.25, 0.3) is 0 Å². The lowest BCUT2D eigenvalue weighted by atomic mass is 10.1. The van der Waals surface area contributed by atoms with Gasteiger partial charge in [0.15, 0.2) is 0 Å². The molecule has 0 saturated heterocycles. The van der Waals surface area contributed by atoms with Gasteiger partial charge in [0, 0.05) is 18.5 Å². The van der Waals surface area contributed by atoms with Crippen molar-refractivity contribution in [1.29, 1.82) is 0 Å². The number of aromatic nitrogens is 1. The SMILES string of the molecule is CCOc1ccc(F)cc1NC(=O)C(=O)NC(C)c1cccnc1. The van der Waals surface area contributed by atoms with Crippen LogP contribution in [-0.4, -0.2) is 23.4 Å². The molecule has 6 nitrogen and oxygen atoms in total. The van der Waals surface area contributed by atoms with Gasteiger partial charge < -0.3 is 15.4 Å². The molecule has 0 radical (unpaired) electrons. The van der Waals surface area contributed by atoms with E-state index in [2.05, 4.69) is 15.6 Å². The molecule has 2 rings (SSSR count). The van der Waals surface area contributed by atoms with Crippen LogP contribution >= 0.6 is 0 Å². The van der Waals surface area contributed by atoms with Gasteiger partial charge in [-0.05, 0) is 37.6 Å². The zero-order valence-corrected chi connectivity index (χ0v) is 13.4. The van der Waals surface area contributed by atoms with E-state index >= 15 is 0 Å². The monoisotopic (exact) mass is 331 g/mol. The van der Waals surface area contributed by atoms with Crippen molar-refractivity contribution in [2.45, 2.75) is 19.9 Å². The number of hydrogen-bond acceptors (Lipinski definition) is 4. The standard InChI is InChI=1S/C17H18FN3O3/c1-3-24-15-7-6-13(18)9-14(15)21-17(23)16(22)20-11(2)12-5-4-8-19-10-12/h4-11H,3H2,1-2H3,(H,20,22)(H,21,23). The van der Waals surface area contributed by atoms with E-state index in [-0.39, 0.29) is 5.69 Å². The number of nitrogens with one attached hydrogen (secondary N) is 2. The first-order valence-corrected chi connectivity index (χ1v) is 7.45. The van der Waals surface area contributed by atoms with Crippen LogP contribution in [0.25, 0.3) is 0 Å². The second kappa shape index (κ2) is 8.05. The highest BCUT2D eigenvalue weighted by Gasteiger charge is 2.19. The van der Waals surface area contributed by atoms with Gasteiger partial charge in [-0.3, -0.25) is 14.6 Å². The first-order valence-electron chi connectivity index (χ1n) is 7.45. The number of ether oxygens (including phenoxy) is 1. The highest BCUT2D eigenvalue weighted by atomic mass is 19.1. The van der Waals surface area contributed by atoms with Crippen molar-refractivity contribution in [2.75, 3.05) is 11.9 Å². The van der Waals surface area contributed by atoms with Crippen molar-refractivity contribution in [2.24, 2.45) is 0 Å². The molecule has 1 aromatic carbocycles. The zero-order valence-electron chi connectivity index (χ0n) is 13.4. The molecule has 1 aromatic heterocycles. The normalized spacial score (nSPS) is 11.5. The van der Waals surface area contributed by atoms with Gasteiger partial charge in [-0.2, -0.15) is 0 Å². The molecule has 0 fully saturated rings. The van der Waals surface area contributed by atoms with E-state index < -0.39 is 23.7 Å². The van der Waals surface area contributed by atoms with Crippen molar-refractivity contribution >= 4 is 17.5 Å². The van der Waals surface area contributed by atoms with Crippen LogP contribution in [0.2, 0.25) is 0 Å². The molecule has 2 amide bonds. The van der Waals surface area contributed by atoms with Crippen LogP contribution < -0.4 is 15.4 Å². The summed E-state index contributed by atoms with van der Waals surface area (Å²) < 4.78 is 18.7. The van der Waals surface area contributed by atoms with E-state index in [0.717, 1.165) is 11.6 Å². The van der Waals surface area contributed by atoms with E-state index in [1.165, 1.54) is 12.1 Å². The average Bonchev–Trinajstić information content (AvgIpc) is 2.58. The lowest BCUT2D eigenvalue weighted by Gasteiger charge is -2.15.